The molecule has 2 N–H and O–H groups in total. The Bertz CT molecular complexity index is 1830. The zero-order valence-electron chi connectivity index (χ0n) is 23.3. The van der Waals surface area contributed by atoms with Gasteiger partial charge in [0.05, 0.1) is 22.8 Å². The first kappa shape index (κ1) is 25.4. The fourth-order valence-corrected chi connectivity index (χ4v) is 4.95. The van der Waals surface area contributed by atoms with Gasteiger partial charge < -0.3 is 14.8 Å². The minimum atomic E-state index is -0.396. The van der Waals surface area contributed by atoms with Crippen LogP contribution in [0.2, 0.25) is 0 Å². The van der Waals surface area contributed by atoms with E-state index < -0.39 is 5.91 Å². The molecule has 10 nitrogen and oxygen atoms in total. The molecule has 0 saturated heterocycles. The predicted molar refractivity (Wildman–Crippen MR) is 152 cm³/mol. The number of nitrogens with one attached hydrogen (secondary N) is 2. The fraction of sp³-hybridized carbons (Fsp3) is 0.267. The number of fused-ring (bicyclic) bond motifs is 2. The van der Waals surface area contributed by atoms with Crippen molar-refractivity contribution in [1.82, 2.24) is 40.2 Å². The van der Waals surface area contributed by atoms with Crippen LogP contribution in [0, 0.1) is 13.8 Å². The number of hydrogen-bond donors (Lipinski definition) is 2. The standard InChI is InChI=1S/C30H30N8O2/c1-16-23(17(2)38(6)36-16)25-33-24-21(13-14-31-26(24)34-25)19-11-12-20-18(15-19)9-7-8-10-22(20)32-28(39)27-35-29(40-37-27)30(3,4)5/h7-15,22H,1-6H3,(H,32,39)(H,31,33,34)/t22-/m0/s1. The van der Waals surface area contributed by atoms with Crippen molar-refractivity contribution in [2.24, 2.45) is 7.05 Å². The first-order chi connectivity index (χ1) is 19.1. The van der Waals surface area contributed by atoms with Crippen LogP contribution < -0.4 is 5.32 Å². The summed E-state index contributed by atoms with van der Waals surface area (Å²) in [7, 11) is 1.93. The smallest absolute Gasteiger partial charge is 0.293 e. The van der Waals surface area contributed by atoms with Crippen LogP contribution in [0.5, 0.6) is 0 Å². The van der Waals surface area contributed by atoms with E-state index in [1.807, 2.05) is 88.9 Å². The normalized spacial score (nSPS) is 14.9. The van der Waals surface area contributed by atoms with Gasteiger partial charge in [0.25, 0.3) is 11.7 Å². The first-order valence-corrected chi connectivity index (χ1v) is 13.1. The second-order valence-corrected chi connectivity index (χ2v) is 11.0. The highest BCUT2D eigenvalue weighted by Crippen LogP contribution is 2.34. The number of rotatable bonds is 4. The van der Waals surface area contributed by atoms with Crippen molar-refractivity contribution >= 4 is 23.1 Å². The van der Waals surface area contributed by atoms with Crippen LogP contribution in [0.15, 0.2) is 53.2 Å². The summed E-state index contributed by atoms with van der Waals surface area (Å²) in [6.45, 7) is 9.88. The number of nitrogens with zero attached hydrogens (tertiary/aromatic N) is 6. The molecule has 6 rings (SSSR count). The summed E-state index contributed by atoms with van der Waals surface area (Å²) in [5.74, 6) is 0.783. The minimum Gasteiger partial charge on any atom is -0.339 e. The summed E-state index contributed by atoms with van der Waals surface area (Å²) in [4.78, 5) is 30.1. The Balaban J connectivity index is 1.34. The van der Waals surface area contributed by atoms with E-state index >= 15 is 0 Å². The van der Waals surface area contributed by atoms with E-state index in [9.17, 15) is 4.79 Å². The van der Waals surface area contributed by atoms with E-state index in [2.05, 4.69) is 36.6 Å². The van der Waals surface area contributed by atoms with Crippen LogP contribution in [0.1, 0.15) is 65.8 Å². The minimum absolute atomic E-state index is 0.0158. The van der Waals surface area contributed by atoms with Gasteiger partial charge >= 0.3 is 0 Å². The van der Waals surface area contributed by atoms with Gasteiger partial charge in [-0.1, -0.05) is 62.4 Å². The molecule has 0 unspecified atom stereocenters. The lowest BCUT2D eigenvalue weighted by Gasteiger charge is -2.17. The summed E-state index contributed by atoms with van der Waals surface area (Å²) >= 11 is 0. The Morgan fingerprint density at radius 1 is 1.12 bits per heavy atom. The zero-order valence-corrected chi connectivity index (χ0v) is 23.3. The maximum absolute atomic E-state index is 13.0. The molecule has 1 aromatic carbocycles. The fourth-order valence-electron chi connectivity index (χ4n) is 4.95. The SMILES string of the molecule is Cc1nn(C)c(C)c1-c1nc2nccc(-c3ccc4c(c3)C=CC=C[C@@H]4NC(=O)c3noc(C(C)(C)C)n3)c2[nH]1. The van der Waals surface area contributed by atoms with Gasteiger partial charge in [0.2, 0.25) is 5.89 Å². The number of carbonyl (C=O) groups excluding carboxylic acids is 1. The Labute approximate surface area is 231 Å². The highest BCUT2D eigenvalue weighted by Gasteiger charge is 2.26. The molecule has 1 aliphatic carbocycles. The van der Waals surface area contributed by atoms with Gasteiger partial charge in [0.1, 0.15) is 5.82 Å². The van der Waals surface area contributed by atoms with Gasteiger partial charge in [-0.2, -0.15) is 10.1 Å². The topological polar surface area (TPSA) is 127 Å². The van der Waals surface area contributed by atoms with Crippen molar-refractivity contribution in [3.05, 3.63) is 82.9 Å². The first-order valence-electron chi connectivity index (χ1n) is 13.1. The van der Waals surface area contributed by atoms with E-state index in [0.717, 1.165) is 50.5 Å². The number of hydrogen-bond acceptors (Lipinski definition) is 7. The molecule has 202 valence electrons. The van der Waals surface area contributed by atoms with Gasteiger partial charge in [-0.15, -0.1) is 0 Å². The molecule has 1 aliphatic rings. The van der Waals surface area contributed by atoms with Crippen molar-refractivity contribution in [2.45, 2.75) is 46.1 Å². The summed E-state index contributed by atoms with van der Waals surface area (Å²) < 4.78 is 7.16. The van der Waals surface area contributed by atoms with Crippen LogP contribution in [-0.2, 0) is 12.5 Å². The molecule has 0 aliphatic heterocycles. The molecular weight excluding hydrogens is 504 g/mol. The number of carbonyl (C=O) groups is 1. The second-order valence-electron chi connectivity index (χ2n) is 11.0. The molecule has 0 radical (unpaired) electrons. The number of benzene rings is 1. The van der Waals surface area contributed by atoms with Crippen LogP contribution in [-0.4, -0.2) is 40.8 Å². The number of H-pyrrole nitrogens is 1. The lowest BCUT2D eigenvalue weighted by Crippen LogP contribution is -2.28. The van der Waals surface area contributed by atoms with E-state index in [1.165, 1.54) is 0 Å². The molecular formula is C30H30N8O2. The molecule has 4 aromatic heterocycles. The third kappa shape index (κ3) is 4.41. The van der Waals surface area contributed by atoms with Gasteiger partial charge in [0.15, 0.2) is 5.65 Å². The Hall–Kier alpha value is -4.86. The maximum atomic E-state index is 13.0. The summed E-state index contributed by atoms with van der Waals surface area (Å²) in [6, 6.07) is 7.81. The van der Waals surface area contributed by atoms with Gasteiger partial charge in [-0.3, -0.25) is 9.48 Å². The quantitative estimate of drug-likeness (QED) is 0.317. The van der Waals surface area contributed by atoms with Crippen LogP contribution >= 0.6 is 0 Å². The number of imidazole rings is 1. The molecule has 0 spiro atoms. The predicted octanol–water partition coefficient (Wildman–Crippen LogP) is 5.38. The lowest BCUT2D eigenvalue weighted by atomic mass is 9.95. The van der Waals surface area contributed by atoms with Crippen molar-refractivity contribution in [3.63, 3.8) is 0 Å². The van der Waals surface area contributed by atoms with Crippen LogP contribution in [0.3, 0.4) is 0 Å². The zero-order chi connectivity index (χ0) is 28.2. The second kappa shape index (κ2) is 9.41. The van der Waals surface area contributed by atoms with Crippen molar-refractivity contribution in [1.29, 1.82) is 0 Å². The third-order valence-corrected chi connectivity index (χ3v) is 7.12. The number of pyridine rings is 1. The van der Waals surface area contributed by atoms with E-state index in [4.69, 9.17) is 9.51 Å². The van der Waals surface area contributed by atoms with Crippen molar-refractivity contribution in [3.8, 4) is 22.5 Å². The number of aromatic nitrogens is 7. The average Bonchev–Trinajstić information content (AvgIpc) is 3.59. The Kier molecular flexibility index (Phi) is 5.98. The molecule has 0 fully saturated rings. The summed E-state index contributed by atoms with van der Waals surface area (Å²) in [5.41, 5.74) is 8.01. The molecule has 5 aromatic rings. The van der Waals surface area contributed by atoms with Crippen molar-refractivity contribution < 1.29 is 9.32 Å². The molecule has 0 saturated carbocycles. The number of aryl methyl sites for hydroxylation is 2. The van der Waals surface area contributed by atoms with Crippen molar-refractivity contribution in [2.75, 3.05) is 0 Å². The van der Waals surface area contributed by atoms with E-state index in [-0.39, 0.29) is 17.3 Å². The van der Waals surface area contributed by atoms with E-state index in [1.54, 1.807) is 6.20 Å². The molecule has 0 bridgehead atoms. The van der Waals surface area contributed by atoms with Gasteiger partial charge in [-0.25, -0.2) is 9.97 Å². The number of aromatic amines is 1. The van der Waals surface area contributed by atoms with Crippen LogP contribution in [0.4, 0.5) is 0 Å². The highest BCUT2D eigenvalue weighted by atomic mass is 16.5. The molecule has 40 heavy (non-hydrogen) atoms. The number of amides is 1. The molecule has 1 atom stereocenters. The Morgan fingerprint density at radius 3 is 2.67 bits per heavy atom. The van der Waals surface area contributed by atoms with Gasteiger partial charge in [-0.05, 0) is 42.7 Å². The lowest BCUT2D eigenvalue weighted by molar-refractivity contribution is 0.0930. The molecule has 4 heterocycles. The third-order valence-electron chi connectivity index (χ3n) is 7.12. The molecule has 1 amide bonds. The average molecular weight is 535 g/mol. The van der Waals surface area contributed by atoms with Crippen LogP contribution in [0.25, 0.3) is 39.8 Å². The largest absolute Gasteiger partial charge is 0.339 e. The highest BCUT2D eigenvalue weighted by molar-refractivity contribution is 5.93. The monoisotopic (exact) mass is 534 g/mol. The number of allylic oxidation sites excluding steroid dienone is 2. The van der Waals surface area contributed by atoms with E-state index in [0.29, 0.717) is 11.5 Å². The summed E-state index contributed by atoms with van der Waals surface area (Å²) in [5, 5.41) is 11.5. The Morgan fingerprint density at radius 2 is 1.95 bits per heavy atom. The van der Waals surface area contributed by atoms with Gasteiger partial charge in [0, 0.05) is 29.9 Å². The molecule has 10 heteroatoms. The maximum Gasteiger partial charge on any atom is 0.293 e. The summed E-state index contributed by atoms with van der Waals surface area (Å²) in [6.07, 6.45) is 9.63.